The first-order valence-electron chi connectivity index (χ1n) is 16.0. The summed E-state index contributed by atoms with van der Waals surface area (Å²) in [5.41, 5.74) is 2.44. The van der Waals surface area contributed by atoms with E-state index in [2.05, 4.69) is 103 Å². The summed E-state index contributed by atoms with van der Waals surface area (Å²) < 4.78 is 26.2. The zero-order valence-corrected chi connectivity index (χ0v) is 29.9. The zero-order valence-electron chi connectivity index (χ0n) is 28.1. The van der Waals surface area contributed by atoms with Gasteiger partial charge in [0.25, 0.3) is 0 Å². The van der Waals surface area contributed by atoms with E-state index in [0.29, 0.717) is 25.0 Å². The van der Waals surface area contributed by atoms with E-state index < -0.39 is 14.1 Å². The first-order valence-corrected chi connectivity index (χ1v) is 19.8. The Hall–Kier alpha value is -1.59. The highest BCUT2D eigenvalue weighted by atomic mass is 32.2. The van der Waals surface area contributed by atoms with Gasteiger partial charge >= 0.3 is 0 Å². The molecule has 0 unspecified atom stereocenters. The Morgan fingerprint density at radius 3 is 2.26 bits per heavy atom. The Labute approximate surface area is 267 Å². The average molecular weight is 623 g/mol. The van der Waals surface area contributed by atoms with E-state index in [9.17, 15) is 0 Å². The van der Waals surface area contributed by atoms with Gasteiger partial charge in [0, 0.05) is 17.4 Å². The third kappa shape index (κ3) is 9.70. The fourth-order valence-electron chi connectivity index (χ4n) is 5.37. The number of rotatable bonds is 11. The van der Waals surface area contributed by atoms with Gasteiger partial charge in [-0.15, -0.1) is 11.8 Å². The van der Waals surface area contributed by atoms with Gasteiger partial charge in [0.2, 0.25) is 0 Å². The van der Waals surface area contributed by atoms with Gasteiger partial charge in [-0.25, -0.2) is 0 Å². The molecule has 236 valence electrons. The lowest BCUT2D eigenvalue weighted by atomic mass is 9.91. The van der Waals surface area contributed by atoms with Crippen LogP contribution in [0.5, 0.6) is 0 Å². The molecule has 0 aromatic heterocycles. The molecule has 2 aromatic rings. The number of ether oxygens (including phenoxy) is 3. The zero-order chi connectivity index (χ0) is 31.4. The average Bonchev–Trinajstić information content (AvgIpc) is 3.67. The lowest BCUT2D eigenvalue weighted by Crippen LogP contribution is -2.53. The van der Waals surface area contributed by atoms with Crippen molar-refractivity contribution in [1.29, 1.82) is 0 Å². The SMILES string of the molecule is Cc1ccc(S[C@H](C#C[C@H](O[Si](C)(C)C(C)(C)C)[C@@H]2C[C@H]2C)[C@@H]2OC(C)(C)O[C@@H](CCOCc3ccccc3)[C@@H]2C)cc1. The molecule has 1 saturated carbocycles. The minimum atomic E-state index is -1.98. The van der Waals surface area contributed by atoms with Crippen molar-refractivity contribution < 1.29 is 18.6 Å². The van der Waals surface area contributed by atoms with E-state index in [1.807, 2.05) is 32.0 Å². The quantitative estimate of drug-likeness (QED) is 0.108. The van der Waals surface area contributed by atoms with Gasteiger partial charge in [0.1, 0.15) is 6.10 Å². The van der Waals surface area contributed by atoms with E-state index in [4.69, 9.17) is 18.6 Å². The standard InChI is InChI=1S/C37H54O4SSi/c1-26-16-18-30(19-17-26)42-34(21-20-33(31-24-27(31)2)41-43(9,10)36(4,5)6)35-28(3)32(39-37(7,8)40-35)22-23-38-25-29-14-12-11-13-15-29/h11-19,27-28,31-35H,22-25H2,1-10H3/t27-,28+,31-,32+,33+,34-,35-/m1/s1. The van der Waals surface area contributed by atoms with Crippen LogP contribution >= 0.6 is 11.8 Å². The summed E-state index contributed by atoms with van der Waals surface area (Å²) in [7, 11) is -1.98. The number of aryl methyl sites for hydroxylation is 1. The van der Waals surface area contributed by atoms with Crippen LogP contribution in [0, 0.1) is 36.5 Å². The summed E-state index contributed by atoms with van der Waals surface area (Å²) >= 11 is 1.80. The van der Waals surface area contributed by atoms with Crippen molar-refractivity contribution in [2.24, 2.45) is 17.8 Å². The Kier molecular flexibility index (Phi) is 11.3. The maximum Gasteiger partial charge on any atom is 0.193 e. The Balaban J connectivity index is 1.56. The van der Waals surface area contributed by atoms with Crippen LogP contribution in [0.3, 0.4) is 0 Å². The summed E-state index contributed by atoms with van der Waals surface area (Å²) in [6.45, 7) is 23.6. The molecule has 2 aliphatic rings. The van der Waals surface area contributed by atoms with Gasteiger partial charge in [0.15, 0.2) is 14.1 Å². The molecule has 1 aliphatic carbocycles. The molecule has 43 heavy (non-hydrogen) atoms. The predicted molar refractivity (Wildman–Crippen MR) is 182 cm³/mol. The molecule has 0 radical (unpaired) electrons. The molecule has 2 fully saturated rings. The summed E-state index contributed by atoms with van der Waals surface area (Å²) in [5.74, 6) is 8.04. The van der Waals surface area contributed by atoms with E-state index in [1.54, 1.807) is 11.8 Å². The van der Waals surface area contributed by atoms with E-state index in [1.165, 1.54) is 22.4 Å². The predicted octanol–water partition coefficient (Wildman–Crippen LogP) is 9.27. The van der Waals surface area contributed by atoms with Crippen LogP contribution in [-0.4, -0.2) is 44.3 Å². The topological polar surface area (TPSA) is 36.9 Å². The number of hydrogen-bond donors (Lipinski definition) is 0. The van der Waals surface area contributed by atoms with E-state index in [-0.39, 0.29) is 34.5 Å². The molecule has 2 aromatic carbocycles. The van der Waals surface area contributed by atoms with Crippen molar-refractivity contribution in [3.8, 4) is 11.8 Å². The fourth-order valence-corrected chi connectivity index (χ4v) is 7.74. The molecule has 0 bridgehead atoms. The monoisotopic (exact) mass is 622 g/mol. The van der Waals surface area contributed by atoms with Crippen molar-refractivity contribution >= 4 is 20.1 Å². The van der Waals surface area contributed by atoms with Crippen LogP contribution in [0.15, 0.2) is 59.5 Å². The number of thioether (sulfide) groups is 1. The molecule has 0 amide bonds. The summed E-state index contributed by atoms with van der Waals surface area (Å²) in [4.78, 5) is 1.20. The fraction of sp³-hybridized carbons (Fsp3) is 0.622. The van der Waals surface area contributed by atoms with E-state index in [0.717, 1.165) is 6.42 Å². The Morgan fingerprint density at radius 1 is 1.00 bits per heavy atom. The second-order valence-electron chi connectivity index (χ2n) is 14.6. The van der Waals surface area contributed by atoms with Crippen LogP contribution < -0.4 is 0 Å². The van der Waals surface area contributed by atoms with Gasteiger partial charge in [-0.3, -0.25) is 0 Å². The van der Waals surface area contributed by atoms with Gasteiger partial charge in [-0.2, -0.15) is 0 Å². The largest absolute Gasteiger partial charge is 0.403 e. The Bertz CT molecular complexity index is 1230. The molecular formula is C37H54O4SSi. The van der Waals surface area contributed by atoms with Crippen LogP contribution in [0.4, 0.5) is 0 Å². The van der Waals surface area contributed by atoms with Crippen molar-refractivity contribution in [3.63, 3.8) is 0 Å². The molecule has 1 heterocycles. The van der Waals surface area contributed by atoms with Crippen LogP contribution in [0.25, 0.3) is 0 Å². The molecule has 7 atom stereocenters. The smallest absolute Gasteiger partial charge is 0.193 e. The summed E-state index contributed by atoms with van der Waals surface area (Å²) in [5, 5.41) is 0.0763. The first-order chi connectivity index (χ1) is 20.1. The second kappa shape index (κ2) is 14.2. The van der Waals surface area contributed by atoms with Crippen LogP contribution in [0.1, 0.15) is 72.4 Å². The lowest BCUT2D eigenvalue weighted by Gasteiger charge is -2.46. The van der Waals surface area contributed by atoms with E-state index >= 15 is 0 Å². The molecule has 0 spiro atoms. The van der Waals surface area contributed by atoms with Crippen molar-refractivity contribution in [2.45, 2.75) is 127 Å². The second-order valence-corrected chi connectivity index (χ2v) is 20.6. The molecule has 6 heteroatoms. The van der Waals surface area contributed by atoms with Gasteiger partial charge in [-0.05, 0) is 81.3 Å². The molecule has 4 rings (SSSR count). The lowest BCUT2D eigenvalue weighted by molar-refractivity contribution is -0.318. The van der Waals surface area contributed by atoms with Gasteiger partial charge < -0.3 is 18.6 Å². The first kappa shape index (κ1) is 34.3. The maximum absolute atomic E-state index is 6.97. The molecule has 1 saturated heterocycles. The number of benzene rings is 2. The third-order valence-electron chi connectivity index (χ3n) is 9.36. The Morgan fingerprint density at radius 2 is 1.65 bits per heavy atom. The highest BCUT2D eigenvalue weighted by molar-refractivity contribution is 8.00. The summed E-state index contributed by atoms with van der Waals surface area (Å²) in [6, 6.07) is 19.1. The minimum Gasteiger partial charge on any atom is -0.403 e. The van der Waals surface area contributed by atoms with Gasteiger partial charge in [0.05, 0.1) is 24.1 Å². The van der Waals surface area contributed by atoms with Crippen LogP contribution in [-0.2, 0) is 25.2 Å². The third-order valence-corrected chi connectivity index (χ3v) is 15.0. The van der Waals surface area contributed by atoms with Crippen LogP contribution in [0.2, 0.25) is 18.1 Å². The van der Waals surface area contributed by atoms with Crippen molar-refractivity contribution in [1.82, 2.24) is 0 Å². The van der Waals surface area contributed by atoms with Crippen molar-refractivity contribution in [2.75, 3.05) is 6.61 Å². The minimum absolute atomic E-state index is 0.00942. The molecule has 1 aliphatic heterocycles. The normalized spacial score (nSPS) is 26.7. The molecular weight excluding hydrogens is 569 g/mol. The van der Waals surface area contributed by atoms with Crippen molar-refractivity contribution in [3.05, 3.63) is 65.7 Å². The number of hydrogen-bond acceptors (Lipinski definition) is 5. The van der Waals surface area contributed by atoms with Gasteiger partial charge in [-0.1, -0.05) is 94.5 Å². The molecule has 4 nitrogen and oxygen atoms in total. The molecule has 0 N–H and O–H groups in total. The highest BCUT2D eigenvalue weighted by Crippen LogP contribution is 2.46. The maximum atomic E-state index is 6.97. The highest BCUT2D eigenvalue weighted by Gasteiger charge is 2.47. The summed E-state index contributed by atoms with van der Waals surface area (Å²) in [6.07, 6.45) is 1.86.